The maximum atomic E-state index is 9.44. The van der Waals surface area contributed by atoms with E-state index in [2.05, 4.69) is 0 Å². The molecule has 0 saturated heterocycles. The average Bonchev–Trinajstić information content (AvgIpc) is 2.36. The van der Waals surface area contributed by atoms with Gasteiger partial charge in [0.25, 0.3) is 0 Å². The van der Waals surface area contributed by atoms with Crippen molar-refractivity contribution in [3.05, 3.63) is 23.3 Å². The number of rotatable bonds is 0. The van der Waals surface area contributed by atoms with Crippen LogP contribution in [0.4, 0.5) is 5.69 Å². The number of nitrogen functional groups attached to an aromatic ring is 1. The second-order valence-electron chi connectivity index (χ2n) is 3.70. The Balaban J connectivity index is 2.48. The Bertz CT molecular complexity index is 320. The summed E-state index contributed by atoms with van der Waals surface area (Å²) in [5.41, 5.74) is 8.92. The highest BCUT2D eigenvalue weighted by atomic mass is 16.3. The van der Waals surface area contributed by atoms with Gasteiger partial charge >= 0.3 is 0 Å². The molecule has 70 valence electrons. The quantitative estimate of drug-likeness (QED) is 0.362. The van der Waals surface area contributed by atoms with E-state index in [0.717, 1.165) is 12.8 Å². The maximum Gasteiger partial charge on any atom is 0.138 e. The van der Waals surface area contributed by atoms with Gasteiger partial charge in [0.05, 0.1) is 5.69 Å². The number of hydrogen-bond acceptors (Lipinski definition) is 2. The van der Waals surface area contributed by atoms with Crippen molar-refractivity contribution >= 4 is 5.69 Å². The summed E-state index contributed by atoms with van der Waals surface area (Å²) in [4.78, 5) is 0. The molecule has 3 N–H and O–H groups in total. The lowest BCUT2D eigenvalue weighted by Crippen LogP contribution is -1.98. The van der Waals surface area contributed by atoms with Crippen molar-refractivity contribution in [3.8, 4) is 5.75 Å². The highest BCUT2D eigenvalue weighted by Crippen LogP contribution is 2.31. The Labute approximate surface area is 78.4 Å². The van der Waals surface area contributed by atoms with Gasteiger partial charge in [0, 0.05) is 0 Å². The highest BCUT2D eigenvalue weighted by molar-refractivity contribution is 5.60. The molecule has 1 aromatic rings. The molecule has 2 heteroatoms. The number of hydrogen-bond donors (Lipinski definition) is 2. The molecule has 0 radical (unpaired) electrons. The molecular weight excluding hydrogens is 162 g/mol. The lowest BCUT2D eigenvalue weighted by Gasteiger charge is -2.09. The van der Waals surface area contributed by atoms with Gasteiger partial charge < -0.3 is 10.8 Å². The van der Waals surface area contributed by atoms with Crippen LogP contribution in [0.25, 0.3) is 0 Å². The molecule has 2 rings (SSSR count). The first-order chi connectivity index (χ1) is 6.29. The molecule has 0 amide bonds. The number of aryl methyl sites for hydroxylation is 1. The van der Waals surface area contributed by atoms with Crippen molar-refractivity contribution in [1.82, 2.24) is 0 Å². The van der Waals surface area contributed by atoms with E-state index < -0.39 is 0 Å². The van der Waals surface area contributed by atoms with E-state index in [4.69, 9.17) is 5.73 Å². The van der Waals surface area contributed by atoms with Crippen LogP contribution in [0.15, 0.2) is 12.1 Å². The number of phenols is 1. The molecule has 1 aliphatic carbocycles. The predicted molar refractivity (Wildman–Crippen MR) is 53.8 cm³/mol. The molecule has 1 aliphatic rings. The Morgan fingerprint density at radius 2 is 1.85 bits per heavy atom. The molecular formula is C11H15NO. The first kappa shape index (κ1) is 8.42. The standard InChI is InChI=1S/C11H15NO/c12-11-9-5-3-1-2-4-8(9)6-7-10(11)13/h6-7,13H,1-5,12H2. The number of nitrogens with two attached hydrogens (primary N) is 1. The number of phenolic OH excluding ortho intramolecular Hbond substituents is 1. The fourth-order valence-electron chi connectivity index (χ4n) is 2.02. The van der Waals surface area contributed by atoms with Gasteiger partial charge in [-0.2, -0.15) is 0 Å². The van der Waals surface area contributed by atoms with Gasteiger partial charge in [-0.05, 0) is 42.9 Å². The van der Waals surface area contributed by atoms with E-state index in [1.807, 2.05) is 6.07 Å². The summed E-state index contributed by atoms with van der Waals surface area (Å²) in [5.74, 6) is 0.237. The van der Waals surface area contributed by atoms with Crippen molar-refractivity contribution in [2.24, 2.45) is 0 Å². The van der Waals surface area contributed by atoms with Gasteiger partial charge in [-0.15, -0.1) is 0 Å². The van der Waals surface area contributed by atoms with Gasteiger partial charge in [-0.25, -0.2) is 0 Å². The second-order valence-corrected chi connectivity index (χ2v) is 3.70. The van der Waals surface area contributed by atoms with Crippen molar-refractivity contribution in [2.75, 3.05) is 5.73 Å². The zero-order chi connectivity index (χ0) is 9.26. The molecule has 0 bridgehead atoms. The maximum absolute atomic E-state index is 9.44. The highest BCUT2D eigenvalue weighted by Gasteiger charge is 2.12. The van der Waals surface area contributed by atoms with Crippen LogP contribution in [0, 0.1) is 0 Å². The first-order valence-corrected chi connectivity index (χ1v) is 4.88. The molecule has 13 heavy (non-hydrogen) atoms. The topological polar surface area (TPSA) is 46.2 Å². The molecule has 0 fully saturated rings. The Morgan fingerprint density at radius 3 is 2.69 bits per heavy atom. The third-order valence-corrected chi connectivity index (χ3v) is 2.80. The minimum absolute atomic E-state index is 0.237. The fraction of sp³-hybridized carbons (Fsp3) is 0.455. The van der Waals surface area contributed by atoms with Crippen molar-refractivity contribution in [3.63, 3.8) is 0 Å². The minimum Gasteiger partial charge on any atom is -0.506 e. The van der Waals surface area contributed by atoms with E-state index in [1.54, 1.807) is 6.07 Å². The third kappa shape index (κ3) is 1.48. The average molecular weight is 177 g/mol. The predicted octanol–water partition coefficient (Wildman–Crippen LogP) is 2.24. The van der Waals surface area contributed by atoms with Crippen molar-refractivity contribution in [2.45, 2.75) is 32.1 Å². The summed E-state index contributed by atoms with van der Waals surface area (Å²) < 4.78 is 0. The first-order valence-electron chi connectivity index (χ1n) is 4.88. The second kappa shape index (κ2) is 3.29. The van der Waals surface area contributed by atoms with Gasteiger partial charge in [0.1, 0.15) is 5.75 Å². The summed E-state index contributed by atoms with van der Waals surface area (Å²) in [7, 11) is 0. The molecule has 0 aromatic heterocycles. The lowest BCUT2D eigenvalue weighted by molar-refractivity contribution is 0.477. The van der Waals surface area contributed by atoms with E-state index >= 15 is 0 Å². The largest absolute Gasteiger partial charge is 0.506 e. The Hall–Kier alpha value is -1.18. The Kier molecular flexibility index (Phi) is 2.13. The van der Waals surface area contributed by atoms with Gasteiger partial charge in [0.15, 0.2) is 0 Å². The van der Waals surface area contributed by atoms with Crippen LogP contribution >= 0.6 is 0 Å². The molecule has 0 atom stereocenters. The summed E-state index contributed by atoms with van der Waals surface area (Å²) in [5, 5.41) is 9.44. The van der Waals surface area contributed by atoms with Gasteiger partial charge in [-0.1, -0.05) is 12.5 Å². The van der Waals surface area contributed by atoms with E-state index in [-0.39, 0.29) is 5.75 Å². The van der Waals surface area contributed by atoms with Gasteiger partial charge in [-0.3, -0.25) is 0 Å². The van der Waals surface area contributed by atoms with E-state index in [0.29, 0.717) is 5.69 Å². The molecule has 2 nitrogen and oxygen atoms in total. The summed E-state index contributed by atoms with van der Waals surface area (Å²) in [6, 6.07) is 3.71. The summed E-state index contributed by atoms with van der Waals surface area (Å²) in [6.07, 6.45) is 5.85. The van der Waals surface area contributed by atoms with Crippen molar-refractivity contribution < 1.29 is 5.11 Å². The smallest absolute Gasteiger partial charge is 0.138 e. The third-order valence-electron chi connectivity index (χ3n) is 2.80. The number of aromatic hydroxyl groups is 1. The molecule has 0 saturated carbocycles. The molecule has 0 heterocycles. The van der Waals surface area contributed by atoms with Crippen LogP contribution in [-0.2, 0) is 12.8 Å². The molecule has 1 aromatic carbocycles. The monoisotopic (exact) mass is 177 g/mol. The minimum atomic E-state index is 0.237. The lowest BCUT2D eigenvalue weighted by atomic mass is 10.0. The van der Waals surface area contributed by atoms with Crippen LogP contribution in [0.5, 0.6) is 5.75 Å². The van der Waals surface area contributed by atoms with Crippen LogP contribution in [0.1, 0.15) is 30.4 Å². The van der Waals surface area contributed by atoms with Crippen LogP contribution < -0.4 is 5.73 Å². The van der Waals surface area contributed by atoms with Gasteiger partial charge in [0.2, 0.25) is 0 Å². The number of anilines is 1. The van der Waals surface area contributed by atoms with Crippen LogP contribution in [0.2, 0.25) is 0 Å². The zero-order valence-electron chi connectivity index (χ0n) is 7.71. The summed E-state index contributed by atoms with van der Waals surface area (Å²) >= 11 is 0. The SMILES string of the molecule is Nc1c(O)ccc2c1CCCCC2. The fourth-order valence-corrected chi connectivity index (χ4v) is 2.02. The molecule has 0 aliphatic heterocycles. The Morgan fingerprint density at radius 1 is 1.08 bits per heavy atom. The number of fused-ring (bicyclic) bond motifs is 1. The van der Waals surface area contributed by atoms with Crippen LogP contribution in [-0.4, -0.2) is 5.11 Å². The summed E-state index contributed by atoms with van der Waals surface area (Å²) in [6.45, 7) is 0. The normalized spacial score (nSPS) is 16.3. The van der Waals surface area contributed by atoms with E-state index in [1.165, 1.54) is 30.4 Å². The van der Waals surface area contributed by atoms with E-state index in [9.17, 15) is 5.11 Å². The van der Waals surface area contributed by atoms with Crippen LogP contribution in [0.3, 0.4) is 0 Å². The number of benzene rings is 1. The zero-order valence-corrected chi connectivity index (χ0v) is 7.71. The molecule has 0 unspecified atom stereocenters. The molecule has 0 spiro atoms. The van der Waals surface area contributed by atoms with Crippen molar-refractivity contribution in [1.29, 1.82) is 0 Å².